The third-order valence-corrected chi connectivity index (χ3v) is 9.51. The highest BCUT2D eigenvalue weighted by molar-refractivity contribution is 7.92. The van der Waals surface area contributed by atoms with Gasteiger partial charge in [0.25, 0.3) is 0 Å². The molecule has 0 heterocycles. The van der Waals surface area contributed by atoms with E-state index in [1.807, 2.05) is 61.5 Å². The number of carbonyl (C=O) groups is 2. The van der Waals surface area contributed by atoms with E-state index in [0.717, 1.165) is 48.6 Å². The predicted octanol–water partition coefficient (Wildman–Crippen LogP) is 5.90. The van der Waals surface area contributed by atoms with Crippen LogP contribution in [0.3, 0.4) is 0 Å². The van der Waals surface area contributed by atoms with Crippen molar-refractivity contribution in [1.29, 1.82) is 0 Å². The van der Waals surface area contributed by atoms with E-state index in [-0.39, 0.29) is 48.8 Å². The van der Waals surface area contributed by atoms with E-state index >= 15 is 0 Å². The van der Waals surface area contributed by atoms with Gasteiger partial charge in [0.1, 0.15) is 11.8 Å². The van der Waals surface area contributed by atoms with Crippen LogP contribution in [-0.2, 0) is 32.6 Å². The van der Waals surface area contributed by atoms with Crippen LogP contribution in [-0.4, -0.2) is 57.1 Å². The van der Waals surface area contributed by atoms with Crippen LogP contribution in [0.15, 0.2) is 72.8 Å². The average molecular weight is 640 g/mol. The monoisotopic (exact) mass is 639 g/mol. The smallest absolute Gasteiger partial charge is 0.243 e. The Morgan fingerprint density at radius 3 is 2.30 bits per heavy atom. The Hall–Kier alpha value is -3.56. The molecule has 1 saturated carbocycles. The molecule has 0 unspecified atom stereocenters. The quantitative estimate of drug-likeness (QED) is 0.237. The van der Waals surface area contributed by atoms with Crippen molar-refractivity contribution in [1.82, 2.24) is 10.2 Å². The third-order valence-electron chi connectivity index (χ3n) is 8.02. The number of ether oxygens (including phenoxy) is 1. The van der Waals surface area contributed by atoms with E-state index < -0.39 is 16.1 Å². The largest absolute Gasteiger partial charge is 0.495 e. The lowest BCUT2D eigenvalue weighted by Gasteiger charge is -2.33. The number of nitrogens with one attached hydrogen (secondary N) is 1. The van der Waals surface area contributed by atoms with Crippen molar-refractivity contribution >= 4 is 39.1 Å². The lowest BCUT2D eigenvalue weighted by atomic mass is 10.0. The fourth-order valence-electron chi connectivity index (χ4n) is 5.63. The van der Waals surface area contributed by atoms with Crippen molar-refractivity contribution < 1.29 is 22.7 Å². The second kappa shape index (κ2) is 15.4. The fraction of sp³-hybridized carbons (Fsp3) is 0.412. The van der Waals surface area contributed by atoms with Crippen LogP contribution in [0, 0.1) is 6.92 Å². The van der Waals surface area contributed by atoms with Crippen LogP contribution in [0.25, 0.3) is 0 Å². The number of amides is 2. The molecule has 8 nitrogen and oxygen atoms in total. The second-order valence-electron chi connectivity index (χ2n) is 11.5. The highest BCUT2D eigenvalue weighted by atomic mass is 35.5. The number of carbonyl (C=O) groups excluding carboxylic acids is 2. The van der Waals surface area contributed by atoms with E-state index in [0.29, 0.717) is 17.9 Å². The maximum absolute atomic E-state index is 14.0. The topological polar surface area (TPSA) is 96.0 Å². The first-order valence-electron chi connectivity index (χ1n) is 15.1. The zero-order valence-electron chi connectivity index (χ0n) is 25.7. The Balaban J connectivity index is 1.58. The zero-order valence-corrected chi connectivity index (χ0v) is 27.2. The van der Waals surface area contributed by atoms with Crippen LogP contribution in [0.4, 0.5) is 5.69 Å². The summed E-state index contributed by atoms with van der Waals surface area (Å²) in [5.41, 5.74) is 3.37. The number of rotatable bonds is 14. The predicted molar refractivity (Wildman–Crippen MR) is 175 cm³/mol. The SMILES string of the molecule is COc1ccc(N(CCCC(=O)N(Cc2ccc(C)cc2)[C@H](Cc2ccccc2)C(=O)NC2CCCC2)S(C)(=O)=O)cc1Cl. The summed E-state index contributed by atoms with van der Waals surface area (Å²) in [6.07, 6.45) is 5.84. The van der Waals surface area contributed by atoms with Gasteiger partial charge < -0.3 is 15.0 Å². The molecular weight excluding hydrogens is 598 g/mol. The van der Waals surface area contributed by atoms with Crippen molar-refractivity contribution in [3.63, 3.8) is 0 Å². The van der Waals surface area contributed by atoms with E-state index in [4.69, 9.17) is 16.3 Å². The third kappa shape index (κ3) is 9.22. The molecule has 2 amide bonds. The molecule has 4 rings (SSSR count). The first-order chi connectivity index (χ1) is 21.0. The number of anilines is 1. The number of sulfonamides is 1. The lowest BCUT2D eigenvalue weighted by molar-refractivity contribution is -0.141. The second-order valence-corrected chi connectivity index (χ2v) is 13.8. The molecule has 1 N–H and O–H groups in total. The Kier molecular flexibility index (Phi) is 11.7. The van der Waals surface area contributed by atoms with Gasteiger partial charge in [0.15, 0.2) is 0 Å². The summed E-state index contributed by atoms with van der Waals surface area (Å²) in [5, 5.41) is 3.50. The Morgan fingerprint density at radius 2 is 1.68 bits per heavy atom. The van der Waals surface area contributed by atoms with Crippen molar-refractivity contribution in [3.05, 3.63) is 94.5 Å². The normalized spacial score (nSPS) is 14.2. The molecule has 1 aliphatic carbocycles. The summed E-state index contributed by atoms with van der Waals surface area (Å²) < 4.78 is 31.9. The van der Waals surface area contributed by atoms with Gasteiger partial charge >= 0.3 is 0 Å². The fourth-order valence-corrected chi connectivity index (χ4v) is 6.84. The van der Waals surface area contributed by atoms with Crippen LogP contribution in [0.1, 0.15) is 55.2 Å². The Bertz CT molecular complexity index is 1510. The first-order valence-corrected chi connectivity index (χ1v) is 17.3. The van der Waals surface area contributed by atoms with Gasteiger partial charge in [-0.1, -0.05) is 84.6 Å². The molecule has 1 fully saturated rings. The molecule has 0 saturated heterocycles. The van der Waals surface area contributed by atoms with E-state index in [2.05, 4.69) is 5.32 Å². The van der Waals surface area contributed by atoms with Gasteiger partial charge in [-0.3, -0.25) is 13.9 Å². The van der Waals surface area contributed by atoms with Crippen molar-refractivity contribution in [2.75, 3.05) is 24.2 Å². The van der Waals surface area contributed by atoms with Crippen LogP contribution >= 0.6 is 11.6 Å². The van der Waals surface area contributed by atoms with Gasteiger partial charge in [-0.05, 0) is 55.5 Å². The summed E-state index contributed by atoms with van der Waals surface area (Å²) >= 11 is 6.28. The number of halogens is 1. The van der Waals surface area contributed by atoms with Crippen LogP contribution in [0.2, 0.25) is 5.02 Å². The number of nitrogens with zero attached hydrogens (tertiary/aromatic N) is 2. The summed E-state index contributed by atoms with van der Waals surface area (Å²) in [5.74, 6) is 0.0623. The highest BCUT2D eigenvalue weighted by Gasteiger charge is 2.32. The summed E-state index contributed by atoms with van der Waals surface area (Å²) in [4.78, 5) is 29.6. The minimum atomic E-state index is -3.66. The Labute approximate surface area is 266 Å². The first kappa shape index (κ1) is 33.3. The minimum Gasteiger partial charge on any atom is -0.495 e. The summed E-state index contributed by atoms with van der Waals surface area (Å²) in [6.45, 7) is 2.34. The average Bonchev–Trinajstić information content (AvgIpc) is 3.51. The van der Waals surface area contributed by atoms with Gasteiger partial charge in [-0.2, -0.15) is 0 Å². The molecule has 0 aliphatic heterocycles. The molecule has 0 spiro atoms. The van der Waals surface area contributed by atoms with Gasteiger partial charge in [0.2, 0.25) is 21.8 Å². The lowest BCUT2D eigenvalue weighted by Crippen LogP contribution is -2.52. The number of methoxy groups -OCH3 is 1. The van der Waals surface area contributed by atoms with Gasteiger partial charge in [0, 0.05) is 32.0 Å². The molecule has 0 aromatic heterocycles. The molecule has 3 aromatic carbocycles. The molecule has 0 bridgehead atoms. The summed E-state index contributed by atoms with van der Waals surface area (Å²) in [6, 6.07) is 21.8. The van der Waals surface area contributed by atoms with Crippen molar-refractivity contribution in [2.24, 2.45) is 0 Å². The van der Waals surface area contributed by atoms with E-state index in [1.54, 1.807) is 17.0 Å². The maximum Gasteiger partial charge on any atom is 0.243 e. The zero-order chi connectivity index (χ0) is 31.7. The van der Waals surface area contributed by atoms with Crippen molar-refractivity contribution in [2.45, 2.75) is 70.5 Å². The molecule has 236 valence electrons. The molecule has 0 radical (unpaired) electrons. The number of aryl methyl sites for hydroxylation is 1. The van der Waals surface area contributed by atoms with Gasteiger partial charge in [0.05, 0.1) is 24.1 Å². The Morgan fingerprint density at radius 1 is 1.00 bits per heavy atom. The van der Waals surface area contributed by atoms with Crippen molar-refractivity contribution in [3.8, 4) is 5.75 Å². The molecule has 1 atom stereocenters. The van der Waals surface area contributed by atoms with E-state index in [1.165, 1.54) is 17.5 Å². The molecule has 44 heavy (non-hydrogen) atoms. The standard InChI is InChI=1S/C34H42ClN3O5S/c1-25-15-17-27(18-16-25)24-37(31(22-26-10-5-4-6-11-26)34(40)36-28-12-7-8-13-28)33(39)14-9-21-38(44(3,41)42)29-19-20-32(43-2)30(35)23-29/h4-6,10-11,15-20,23,28,31H,7-9,12-14,21-22,24H2,1-3H3,(H,36,40)/t31-/m1/s1. The number of hydrogen-bond acceptors (Lipinski definition) is 5. The molecular formula is C34H42ClN3O5S. The van der Waals surface area contributed by atoms with E-state index in [9.17, 15) is 18.0 Å². The number of benzene rings is 3. The van der Waals surface area contributed by atoms with Crippen LogP contribution < -0.4 is 14.4 Å². The maximum atomic E-state index is 14.0. The number of hydrogen-bond donors (Lipinski definition) is 1. The summed E-state index contributed by atoms with van der Waals surface area (Å²) in [7, 11) is -2.18. The van der Waals surface area contributed by atoms with Gasteiger partial charge in [-0.15, -0.1) is 0 Å². The molecule has 10 heteroatoms. The molecule has 3 aromatic rings. The minimum absolute atomic E-state index is 0.0593. The molecule has 1 aliphatic rings. The van der Waals surface area contributed by atoms with Crippen LogP contribution in [0.5, 0.6) is 5.75 Å². The highest BCUT2D eigenvalue weighted by Crippen LogP contribution is 2.30. The van der Waals surface area contributed by atoms with Gasteiger partial charge in [-0.25, -0.2) is 8.42 Å².